The predicted molar refractivity (Wildman–Crippen MR) is 78.4 cm³/mol. The molecule has 0 spiro atoms. The van der Waals surface area contributed by atoms with Crippen LogP contribution < -0.4 is 4.72 Å². The van der Waals surface area contributed by atoms with Gasteiger partial charge in [-0.25, -0.2) is 0 Å². The van der Waals surface area contributed by atoms with Crippen LogP contribution in [-0.2, 0) is 10.2 Å². The highest BCUT2D eigenvalue weighted by atomic mass is 32.2. The van der Waals surface area contributed by atoms with Crippen molar-refractivity contribution in [3.63, 3.8) is 0 Å². The Bertz CT molecular complexity index is 634. The summed E-state index contributed by atoms with van der Waals surface area (Å²) >= 11 is 0. The highest BCUT2D eigenvalue weighted by Crippen LogP contribution is 2.23. The van der Waals surface area contributed by atoms with Gasteiger partial charge in [-0.3, -0.25) is 4.72 Å². The average Bonchev–Trinajstić information content (AvgIpc) is 2.38. The van der Waals surface area contributed by atoms with Crippen LogP contribution in [0, 0.1) is 24.2 Å². The van der Waals surface area contributed by atoms with Gasteiger partial charge in [0.1, 0.15) is 6.07 Å². The van der Waals surface area contributed by atoms with Crippen molar-refractivity contribution in [2.24, 2.45) is 5.92 Å². The van der Waals surface area contributed by atoms with Crippen LogP contribution in [0.3, 0.4) is 0 Å². The van der Waals surface area contributed by atoms with Crippen molar-refractivity contribution in [1.82, 2.24) is 4.31 Å². The van der Waals surface area contributed by atoms with E-state index in [1.54, 1.807) is 25.1 Å². The van der Waals surface area contributed by atoms with Crippen molar-refractivity contribution in [3.8, 4) is 6.07 Å². The standard InChI is InChI=1S/C14H19N3O2S/c1-11-5-4-8-17(10-11)20(18,19)16-14-7-3-6-12(2)13(14)9-15/h3,6-7,11,16H,4-5,8,10H2,1-2H3. The molecule has 1 unspecified atom stereocenters. The Labute approximate surface area is 120 Å². The largest absolute Gasteiger partial charge is 0.301 e. The van der Waals surface area contributed by atoms with Crippen molar-refractivity contribution < 1.29 is 8.42 Å². The normalized spacial score (nSPS) is 20.4. The van der Waals surface area contributed by atoms with E-state index in [9.17, 15) is 8.42 Å². The zero-order valence-corrected chi connectivity index (χ0v) is 12.6. The summed E-state index contributed by atoms with van der Waals surface area (Å²) in [6.45, 7) is 4.91. The number of hydrogen-bond acceptors (Lipinski definition) is 3. The van der Waals surface area contributed by atoms with Crippen molar-refractivity contribution >= 4 is 15.9 Å². The number of nitrogens with zero attached hydrogens (tertiary/aromatic N) is 2. The Morgan fingerprint density at radius 1 is 1.45 bits per heavy atom. The quantitative estimate of drug-likeness (QED) is 0.929. The molecule has 5 nitrogen and oxygen atoms in total. The maximum absolute atomic E-state index is 12.4. The maximum atomic E-state index is 12.4. The van der Waals surface area contributed by atoms with Gasteiger partial charge in [0.2, 0.25) is 0 Å². The van der Waals surface area contributed by atoms with Crippen molar-refractivity contribution in [2.75, 3.05) is 17.8 Å². The number of benzene rings is 1. The van der Waals surface area contributed by atoms with Gasteiger partial charge in [0.05, 0.1) is 11.3 Å². The molecule has 0 aliphatic carbocycles. The second-order valence-corrected chi connectivity index (χ2v) is 6.99. The van der Waals surface area contributed by atoms with Crippen molar-refractivity contribution in [1.29, 1.82) is 5.26 Å². The summed E-state index contributed by atoms with van der Waals surface area (Å²) in [4.78, 5) is 0. The van der Waals surface area contributed by atoms with Gasteiger partial charge in [0.25, 0.3) is 0 Å². The molecule has 1 fully saturated rings. The molecule has 0 bridgehead atoms. The van der Waals surface area contributed by atoms with Crippen molar-refractivity contribution in [3.05, 3.63) is 29.3 Å². The second-order valence-electron chi connectivity index (χ2n) is 5.32. The lowest BCUT2D eigenvalue weighted by atomic mass is 10.0. The summed E-state index contributed by atoms with van der Waals surface area (Å²) < 4.78 is 28.8. The number of aryl methyl sites for hydroxylation is 1. The summed E-state index contributed by atoms with van der Waals surface area (Å²) in [5, 5.41) is 9.15. The van der Waals surface area contributed by atoms with Gasteiger partial charge in [0.15, 0.2) is 0 Å². The van der Waals surface area contributed by atoms with Gasteiger partial charge < -0.3 is 0 Å². The number of nitriles is 1. The van der Waals surface area contributed by atoms with E-state index in [2.05, 4.69) is 17.7 Å². The van der Waals surface area contributed by atoms with E-state index < -0.39 is 10.2 Å². The Morgan fingerprint density at radius 2 is 2.20 bits per heavy atom. The predicted octanol–water partition coefficient (Wildman–Crippen LogP) is 2.26. The van der Waals surface area contributed by atoms with E-state index in [0.29, 0.717) is 30.3 Å². The van der Waals surface area contributed by atoms with Crippen LogP contribution in [-0.4, -0.2) is 25.8 Å². The minimum Gasteiger partial charge on any atom is -0.270 e. The molecule has 0 saturated carbocycles. The van der Waals surface area contributed by atoms with Gasteiger partial charge in [0, 0.05) is 13.1 Å². The van der Waals surface area contributed by atoms with Gasteiger partial charge in [-0.2, -0.15) is 18.0 Å². The van der Waals surface area contributed by atoms with Gasteiger partial charge in [-0.15, -0.1) is 0 Å². The summed E-state index contributed by atoms with van der Waals surface area (Å²) in [6, 6.07) is 7.21. The number of hydrogen-bond donors (Lipinski definition) is 1. The molecule has 20 heavy (non-hydrogen) atoms. The zero-order valence-electron chi connectivity index (χ0n) is 11.8. The van der Waals surface area contributed by atoms with Gasteiger partial charge in [-0.05, 0) is 37.3 Å². The minimum absolute atomic E-state index is 0.353. The molecule has 2 rings (SSSR count). The molecule has 1 atom stereocenters. The van der Waals surface area contributed by atoms with Crippen LogP contribution in [0.5, 0.6) is 0 Å². The van der Waals surface area contributed by atoms with Crippen LogP contribution in [0.1, 0.15) is 30.9 Å². The highest BCUT2D eigenvalue weighted by molar-refractivity contribution is 7.90. The lowest BCUT2D eigenvalue weighted by Gasteiger charge is -2.30. The fraction of sp³-hybridized carbons (Fsp3) is 0.500. The third-order valence-electron chi connectivity index (χ3n) is 3.58. The molecule has 6 heteroatoms. The van der Waals surface area contributed by atoms with E-state index in [0.717, 1.165) is 18.4 Å². The van der Waals surface area contributed by atoms with Crippen LogP contribution in [0.15, 0.2) is 18.2 Å². The van der Waals surface area contributed by atoms with Crippen LogP contribution in [0.25, 0.3) is 0 Å². The zero-order chi connectivity index (χ0) is 14.8. The molecule has 108 valence electrons. The second kappa shape index (κ2) is 5.81. The Kier molecular flexibility index (Phi) is 4.31. The topological polar surface area (TPSA) is 73.2 Å². The molecule has 0 amide bonds. The Morgan fingerprint density at radius 3 is 2.85 bits per heavy atom. The number of rotatable bonds is 3. The first-order chi connectivity index (χ1) is 9.44. The molecular formula is C14H19N3O2S. The van der Waals surface area contributed by atoms with Crippen LogP contribution in [0.2, 0.25) is 0 Å². The summed E-state index contributed by atoms with van der Waals surface area (Å²) in [7, 11) is -3.59. The first-order valence-electron chi connectivity index (χ1n) is 6.71. The fourth-order valence-corrected chi connectivity index (χ4v) is 3.87. The smallest absolute Gasteiger partial charge is 0.270 e. The SMILES string of the molecule is Cc1cccc(NS(=O)(=O)N2CCCC(C)C2)c1C#N. The molecular weight excluding hydrogens is 274 g/mol. The molecule has 1 heterocycles. The number of anilines is 1. The first-order valence-corrected chi connectivity index (χ1v) is 8.15. The Hall–Kier alpha value is -1.58. The molecule has 1 aliphatic heterocycles. The molecule has 1 aromatic rings. The lowest BCUT2D eigenvalue weighted by molar-refractivity contribution is 0.282. The van der Waals surface area contributed by atoms with Gasteiger partial charge >= 0.3 is 10.2 Å². The lowest BCUT2D eigenvalue weighted by Crippen LogP contribution is -2.42. The summed E-state index contributed by atoms with van der Waals surface area (Å²) in [5.41, 5.74) is 1.49. The number of piperidine rings is 1. The third kappa shape index (κ3) is 3.11. The molecule has 0 aromatic heterocycles. The minimum atomic E-state index is -3.59. The van der Waals surface area contributed by atoms with E-state index in [1.165, 1.54) is 4.31 Å². The van der Waals surface area contributed by atoms with E-state index in [1.807, 2.05) is 0 Å². The van der Waals surface area contributed by atoms with Crippen LogP contribution in [0.4, 0.5) is 5.69 Å². The molecule has 1 saturated heterocycles. The van der Waals surface area contributed by atoms with Gasteiger partial charge in [-0.1, -0.05) is 19.1 Å². The number of nitrogens with one attached hydrogen (secondary N) is 1. The van der Waals surface area contributed by atoms with E-state index in [4.69, 9.17) is 5.26 Å². The Balaban J connectivity index is 2.25. The molecule has 1 N–H and O–H groups in total. The van der Waals surface area contributed by atoms with Crippen LogP contribution >= 0.6 is 0 Å². The first kappa shape index (κ1) is 14.8. The van der Waals surface area contributed by atoms with E-state index in [-0.39, 0.29) is 0 Å². The maximum Gasteiger partial charge on any atom is 0.301 e. The van der Waals surface area contributed by atoms with E-state index >= 15 is 0 Å². The molecule has 1 aromatic carbocycles. The summed E-state index contributed by atoms with van der Waals surface area (Å²) in [6.07, 6.45) is 1.93. The molecule has 0 radical (unpaired) electrons. The highest BCUT2D eigenvalue weighted by Gasteiger charge is 2.27. The average molecular weight is 293 g/mol. The third-order valence-corrected chi connectivity index (χ3v) is 5.07. The monoisotopic (exact) mass is 293 g/mol. The summed E-state index contributed by atoms with van der Waals surface area (Å²) in [5.74, 6) is 0.369. The van der Waals surface area contributed by atoms with Crippen molar-refractivity contribution in [2.45, 2.75) is 26.7 Å². The fourth-order valence-electron chi connectivity index (χ4n) is 2.47. The molecule has 1 aliphatic rings.